The van der Waals surface area contributed by atoms with Crippen LogP contribution in [0.15, 0.2) is 48.7 Å². The van der Waals surface area contributed by atoms with E-state index in [2.05, 4.69) is 15.4 Å². The number of rotatable bonds is 3. The first-order valence-electron chi connectivity index (χ1n) is 5.81. The highest BCUT2D eigenvalue weighted by Crippen LogP contribution is 2.30. The molecular weight excluding hydrogens is 297 g/mol. The third-order valence-electron chi connectivity index (χ3n) is 2.70. The van der Waals surface area contributed by atoms with Gasteiger partial charge in [0.2, 0.25) is 0 Å². The van der Waals surface area contributed by atoms with Crippen molar-refractivity contribution in [1.82, 2.24) is 15.4 Å². The van der Waals surface area contributed by atoms with Crippen LogP contribution in [-0.2, 0) is 0 Å². The number of nitrogens with one attached hydrogen (secondary N) is 1. The Morgan fingerprint density at radius 3 is 2.55 bits per heavy atom. The zero-order chi connectivity index (χ0) is 13.9. The van der Waals surface area contributed by atoms with E-state index in [1.54, 1.807) is 6.07 Å². The largest absolute Gasteiger partial charge is 0.436 e. The van der Waals surface area contributed by atoms with E-state index in [9.17, 15) is 0 Å². The van der Waals surface area contributed by atoms with Gasteiger partial charge in [-0.3, -0.25) is 0 Å². The summed E-state index contributed by atoms with van der Waals surface area (Å²) in [6.45, 7) is 0. The van der Waals surface area contributed by atoms with Crippen molar-refractivity contribution in [1.29, 1.82) is 0 Å². The van der Waals surface area contributed by atoms with E-state index in [0.717, 1.165) is 11.1 Å². The van der Waals surface area contributed by atoms with Crippen LogP contribution >= 0.6 is 23.2 Å². The summed E-state index contributed by atoms with van der Waals surface area (Å²) in [6.07, 6.45) is 1.51. The van der Waals surface area contributed by atoms with Gasteiger partial charge in [0, 0.05) is 0 Å². The number of nitrogens with zero attached hydrogens (tertiary/aromatic N) is 2. The van der Waals surface area contributed by atoms with Crippen molar-refractivity contribution in [3.63, 3.8) is 0 Å². The predicted molar refractivity (Wildman–Crippen MR) is 78.4 cm³/mol. The van der Waals surface area contributed by atoms with Crippen LogP contribution in [0, 0.1) is 0 Å². The summed E-state index contributed by atoms with van der Waals surface area (Å²) in [4.78, 5) is 0. The molecule has 0 bridgehead atoms. The number of ether oxygens (including phenoxy) is 1. The van der Waals surface area contributed by atoms with Crippen molar-refractivity contribution in [2.45, 2.75) is 0 Å². The average Bonchev–Trinajstić information content (AvgIpc) is 2.95. The maximum atomic E-state index is 6.03. The van der Waals surface area contributed by atoms with Crippen LogP contribution in [-0.4, -0.2) is 15.4 Å². The second kappa shape index (κ2) is 5.53. The smallest absolute Gasteiger partial charge is 0.258 e. The van der Waals surface area contributed by atoms with Crippen LogP contribution in [0.4, 0.5) is 0 Å². The number of aromatic amines is 1. The molecule has 0 fully saturated rings. The molecule has 1 heterocycles. The Hall–Kier alpha value is -2.04. The number of aromatic nitrogens is 3. The van der Waals surface area contributed by atoms with Crippen LogP contribution in [0.5, 0.6) is 11.6 Å². The summed E-state index contributed by atoms with van der Waals surface area (Å²) in [7, 11) is 0. The lowest BCUT2D eigenvalue weighted by molar-refractivity contribution is 0.462. The normalized spacial score (nSPS) is 10.5. The number of benzene rings is 2. The molecule has 4 nitrogen and oxygen atoms in total. The van der Waals surface area contributed by atoms with Crippen LogP contribution in [0.25, 0.3) is 11.1 Å². The molecule has 0 amide bonds. The van der Waals surface area contributed by atoms with E-state index in [1.165, 1.54) is 6.20 Å². The molecule has 0 unspecified atom stereocenters. The Morgan fingerprint density at radius 1 is 0.950 bits per heavy atom. The fraction of sp³-hybridized carbons (Fsp3) is 0. The van der Waals surface area contributed by atoms with Crippen molar-refractivity contribution < 1.29 is 4.74 Å². The lowest BCUT2D eigenvalue weighted by atomic mass is 10.1. The summed E-state index contributed by atoms with van der Waals surface area (Å²) >= 11 is 12.0. The quantitative estimate of drug-likeness (QED) is 0.771. The Bertz CT molecular complexity index is 729. The maximum Gasteiger partial charge on any atom is 0.258 e. The molecule has 0 saturated carbocycles. The number of halogens is 2. The van der Waals surface area contributed by atoms with Gasteiger partial charge in [-0.2, -0.15) is 10.3 Å². The molecule has 0 atom stereocenters. The highest BCUT2D eigenvalue weighted by atomic mass is 35.5. The van der Waals surface area contributed by atoms with Crippen molar-refractivity contribution in [3.05, 3.63) is 58.7 Å². The Balaban J connectivity index is 1.92. The predicted octanol–water partition coefficient (Wildman–Crippen LogP) is 4.57. The summed E-state index contributed by atoms with van der Waals surface area (Å²) in [5.74, 6) is 1.08. The summed E-state index contributed by atoms with van der Waals surface area (Å²) in [6, 6.07) is 13.1. The van der Waals surface area contributed by atoms with Gasteiger partial charge in [0.15, 0.2) is 0 Å². The molecule has 1 aromatic heterocycles. The Morgan fingerprint density at radius 2 is 1.80 bits per heavy atom. The van der Waals surface area contributed by atoms with E-state index in [-0.39, 0.29) is 0 Å². The van der Waals surface area contributed by atoms with Crippen LogP contribution in [0.2, 0.25) is 10.0 Å². The Labute approximate surface area is 125 Å². The van der Waals surface area contributed by atoms with Gasteiger partial charge in [-0.1, -0.05) is 41.4 Å². The van der Waals surface area contributed by atoms with E-state index in [4.69, 9.17) is 27.9 Å². The van der Waals surface area contributed by atoms with Gasteiger partial charge in [0.1, 0.15) is 11.9 Å². The maximum absolute atomic E-state index is 6.03. The van der Waals surface area contributed by atoms with Crippen molar-refractivity contribution in [3.8, 4) is 22.8 Å². The first-order chi connectivity index (χ1) is 9.72. The highest BCUT2D eigenvalue weighted by molar-refractivity contribution is 6.42. The van der Waals surface area contributed by atoms with E-state index >= 15 is 0 Å². The second-order valence-corrected chi connectivity index (χ2v) is 4.88. The molecule has 6 heteroatoms. The minimum absolute atomic E-state index is 0.413. The molecule has 3 aromatic rings. The lowest BCUT2D eigenvalue weighted by Crippen LogP contribution is -1.85. The molecule has 1 N–H and O–H groups in total. The van der Waals surface area contributed by atoms with Gasteiger partial charge in [0.25, 0.3) is 5.88 Å². The molecule has 3 rings (SSSR count). The van der Waals surface area contributed by atoms with Crippen molar-refractivity contribution >= 4 is 23.2 Å². The fourth-order valence-corrected chi connectivity index (χ4v) is 2.07. The number of H-pyrrole nitrogens is 1. The SMILES string of the molecule is Clc1ccc(-c2cccc(Oc3cn[nH]n3)c2)cc1Cl. The molecule has 0 saturated heterocycles. The van der Waals surface area contributed by atoms with Gasteiger partial charge in [0.05, 0.1) is 10.0 Å². The monoisotopic (exact) mass is 305 g/mol. The average molecular weight is 306 g/mol. The van der Waals surface area contributed by atoms with Gasteiger partial charge in [-0.25, -0.2) is 0 Å². The van der Waals surface area contributed by atoms with Crippen molar-refractivity contribution in [2.24, 2.45) is 0 Å². The minimum Gasteiger partial charge on any atom is -0.436 e. The first-order valence-corrected chi connectivity index (χ1v) is 6.57. The summed E-state index contributed by atoms with van der Waals surface area (Å²) in [5, 5.41) is 11.1. The standard InChI is InChI=1S/C14H9Cl2N3O/c15-12-5-4-10(7-13(12)16)9-2-1-3-11(6-9)20-14-8-17-19-18-14/h1-8H,(H,17,18,19). The third kappa shape index (κ3) is 2.76. The molecule has 2 aromatic carbocycles. The number of hydrogen-bond acceptors (Lipinski definition) is 3. The molecule has 20 heavy (non-hydrogen) atoms. The highest BCUT2D eigenvalue weighted by Gasteiger charge is 2.05. The van der Waals surface area contributed by atoms with Gasteiger partial charge in [-0.15, -0.1) is 5.10 Å². The zero-order valence-electron chi connectivity index (χ0n) is 10.2. The summed E-state index contributed by atoms with van der Waals surface area (Å²) < 4.78 is 5.57. The van der Waals surface area contributed by atoms with Gasteiger partial charge < -0.3 is 4.74 Å². The number of hydrogen-bond donors (Lipinski definition) is 1. The minimum atomic E-state index is 0.413. The molecule has 0 radical (unpaired) electrons. The molecular formula is C14H9Cl2N3O. The molecule has 0 aliphatic carbocycles. The topological polar surface area (TPSA) is 50.8 Å². The lowest BCUT2D eigenvalue weighted by Gasteiger charge is -2.06. The Kier molecular flexibility index (Phi) is 3.58. The van der Waals surface area contributed by atoms with Gasteiger partial charge in [-0.05, 0) is 35.4 Å². The van der Waals surface area contributed by atoms with Gasteiger partial charge >= 0.3 is 0 Å². The van der Waals surface area contributed by atoms with Crippen LogP contribution in [0.3, 0.4) is 0 Å². The molecule has 100 valence electrons. The zero-order valence-corrected chi connectivity index (χ0v) is 11.7. The van der Waals surface area contributed by atoms with E-state index < -0.39 is 0 Å². The van der Waals surface area contributed by atoms with Crippen molar-refractivity contribution in [2.75, 3.05) is 0 Å². The van der Waals surface area contributed by atoms with Crippen LogP contribution < -0.4 is 4.74 Å². The summed E-state index contributed by atoms with van der Waals surface area (Å²) in [5.41, 5.74) is 1.94. The fourth-order valence-electron chi connectivity index (χ4n) is 1.78. The first kappa shape index (κ1) is 13.0. The molecule has 0 aliphatic rings. The van der Waals surface area contributed by atoms with Crippen LogP contribution in [0.1, 0.15) is 0 Å². The van der Waals surface area contributed by atoms with E-state index in [1.807, 2.05) is 36.4 Å². The molecule has 0 aliphatic heterocycles. The van der Waals surface area contributed by atoms with E-state index in [0.29, 0.717) is 21.7 Å². The second-order valence-electron chi connectivity index (χ2n) is 4.07. The molecule has 0 spiro atoms. The third-order valence-corrected chi connectivity index (χ3v) is 3.44.